The number of carbonyl (C=O) groups excluding carboxylic acids is 2. The molecule has 6 rings (SSSR count). The first-order valence-electron chi connectivity index (χ1n) is 12.5. The van der Waals surface area contributed by atoms with Crippen molar-refractivity contribution < 1.29 is 23.8 Å². The predicted molar refractivity (Wildman–Crippen MR) is 115 cm³/mol. The third-order valence-electron chi connectivity index (χ3n) is 8.41. The summed E-state index contributed by atoms with van der Waals surface area (Å²) in [5, 5.41) is 7.26. The maximum atomic E-state index is 13.6. The van der Waals surface area contributed by atoms with Gasteiger partial charge in [0, 0.05) is 13.1 Å². The lowest BCUT2D eigenvalue weighted by molar-refractivity contribution is -0.288. The SMILES string of the molecule is CN(C)CCN1C(=O)C2C3OC4CCCNC4NC3C3OC4CCCCC4OC3C2C1=O. The monoisotopic (exact) mass is 448 g/mol. The van der Waals surface area contributed by atoms with Crippen LogP contribution in [-0.2, 0) is 23.8 Å². The number of piperidine rings is 1. The second-order valence-electron chi connectivity index (χ2n) is 10.7. The lowest BCUT2D eigenvalue weighted by Gasteiger charge is -2.57. The summed E-state index contributed by atoms with van der Waals surface area (Å²) >= 11 is 0. The Morgan fingerprint density at radius 3 is 2.22 bits per heavy atom. The number of amides is 2. The molecule has 0 aromatic rings. The number of likely N-dealkylation sites (tertiary alicyclic amines) is 1. The van der Waals surface area contributed by atoms with Gasteiger partial charge >= 0.3 is 0 Å². The molecule has 10 atom stereocenters. The molecule has 32 heavy (non-hydrogen) atoms. The Balaban J connectivity index is 1.34. The van der Waals surface area contributed by atoms with E-state index in [4.69, 9.17) is 14.2 Å². The maximum absolute atomic E-state index is 13.6. The zero-order valence-electron chi connectivity index (χ0n) is 19.1. The van der Waals surface area contributed by atoms with Crippen LogP contribution < -0.4 is 10.6 Å². The summed E-state index contributed by atoms with van der Waals surface area (Å²) in [7, 11) is 3.91. The highest BCUT2D eigenvalue weighted by Crippen LogP contribution is 2.48. The fourth-order valence-electron chi connectivity index (χ4n) is 6.85. The standard InChI is InChI=1S/C23H36N4O5/c1-26(2)10-11-27-22(28)15-16(23(27)29)19-20(31-13-7-4-3-6-12(13)30-19)17-18(15)32-14-8-5-9-24-21(14)25-17/h12-21,24-25H,3-11H2,1-2H3. The number of nitrogens with zero attached hydrogens (tertiary/aromatic N) is 2. The van der Waals surface area contributed by atoms with Crippen molar-refractivity contribution in [2.24, 2.45) is 11.8 Å². The largest absolute Gasteiger partial charge is 0.369 e. The van der Waals surface area contributed by atoms with Crippen LogP contribution in [-0.4, -0.2) is 104 Å². The number of hydrogen-bond donors (Lipinski definition) is 2. The molecule has 0 aromatic carbocycles. The van der Waals surface area contributed by atoms with Crippen molar-refractivity contribution in [3.05, 3.63) is 0 Å². The van der Waals surface area contributed by atoms with Gasteiger partial charge in [-0.15, -0.1) is 0 Å². The summed E-state index contributed by atoms with van der Waals surface area (Å²) in [5.74, 6) is -1.24. The number of imide groups is 1. The summed E-state index contributed by atoms with van der Waals surface area (Å²) in [5.41, 5.74) is 0. The average molecular weight is 449 g/mol. The van der Waals surface area contributed by atoms with Crippen LogP contribution in [0.2, 0.25) is 0 Å². The van der Waals surface area contributed by atoms with Gasteiger partial charge in [-0.1, -0.05) is 12.8 Å². The first-order chi connectivity index (χ1) is 15.5. The van der Waals surface area contributed by atoms with Crippen molar-refractivity contribution in [2.45, 2.75) is 87.4 Å². The van der Waals surface area contributed by atoms with Gasteiger partial charge in [0.15, 0.2) is 0 Å². The summed E-state index contributed by atoms with van der Waals surface area (Å²) < 4.78 is 19.9. The number of likely N-dealkylation sites (N-methyl/N-ethyl adjacent to an activating group) is 1. The van der Waals surface area contributed by atoms with Crippen LogP contribution in [0.5, 0.6) is 0 Å². The van der Waals surface area contributed by atoms with Crippen molar-refractivity contribution in [3.63, 3.8) is 0 Å². The van der Waals surface area contributed by atoms with Crippen molar-refractivity contribution in [2.75, 3.05) is 33.7 Å². The van der Waals surface area contributed by atoms with E-state index in [0.717, 1.165) is 45.1 Å². The molecule has 0 bridgehead atoms. The fourth-order valence-corrected chi connectivity index (χ4v) is 6.85. The molecule has 178 valence electrons. The molecule has 4 heterocycles. The van der Waals surface area contributed by atoms with E-state index in [9.17, 15) is 9.59 Å². The average Bonchev–Trinajstić information content (AvgIpc) is 3.05. The van der Waals surface area contributed by atoms with E-state index in [1.54, 1.807) is 0 Å². The molecule has 0 spiro atoms. The maximum Gasteiger partial charge on any atom is 0.235 e. The second kappa shape index (κ2) is 8.29. The molecule has 6 aliphatic rings. The van der Waals surface area contributed by atoms with Gasteiger partial charge in [-0.2, -0.15) is 0 Å². The summed E-state index contributed by atoms with van der Waals surface area (Å²) in [6, 6.07) is -0.165. The van der Waals surface area contributed by atoms with Gasteiger partial charge in [-0.05, 0) is 46.3 Å². The van der Waals surface area contributed by atoms with E-state index in [2.05, 4.69) is 10.6 Å². The van der Waals surface area contributed by atoms with Crippen molar-refractivity contribution in [1.82, 2.24) is 20.4 Å². The molecule has 10 unspecified atom stereocenters. The van der Waals surface area contributed by atoms with Crippen molar-refractivity contribution in [1.29, 1.82) is 0 Å². The normalized spacial score (nSPS) is 48.0. The molecule has 0 radical (unpaired) electrons. The molecule has 6 fully saturated rings. The minimum absolute atomic E-state index is 0.00728. The number of nitrogens with one attached hydrogen (secondary N) is 2. The molecule has 9 heteroatoms. The Hall–Kier alpha value is -1.10. The molecule has 4 aliphatic heterocycles. The summed E-state index contributed by atoms with van der Waals surface area (Å²) in [6.07, 6.45) is 5.31. The Bertz CT molecular complexity index is 709. The lowest BCUT2D eigenvalue weighted by Crippen LogP contribution is -2.76. The molecular weight excluding hydrogens is 412 g/mol. The van der Waals surface area contributed by atoms with E-state index in [0.29, 0.717) is 13.1 Å². The van der Waals surface area contributed by atoms with Crippen molar-refractivity contribution >= 4 is 11.8 Å². The topological polar surface area (TPSA) is 92.4 Å². The minimum Gasteiger partial charge on any atom is -0.369 e. The molecule has 9 nitrogen and oxygen atoms in total. The Kier molecular flexibility index (Phi) is 5.55. The van der Waals surface area contributed by atoms with Gasteiger partial charge in [0.25, 0.3) is 0 Å². The minimum atomic E-state index is -0.520. The summed E-state index contributed by atoms with van der Waals surface area (Å²) in [6.45, 7) is 2.00. The number of hydrogen-bond acceptors (Lipinski definition) is 8. The van der Waals surface area contributed by atoms with Crippen LogP contribution in [0.15, 0.2) is 0 Å². The van der Waals surface area contributed by atoms with Crippen LogP contribution in [0.25, 0.3) is 0 Å². The van der Waals surface area contributed by atoms with Gasteiger partial charge in [-0.3, -0.25) is 25.1 Å². The first-order valence-corrected chi connectivity index (χ1v) is 12.5. The fraction of sp³-hybridized carbons (Fsp3) is 0.913. The molecule has 2 saturated carbocycles. The van der Waals surface area contributed by atoms with E-state index in [-0.39, 0.29) is 54.5 Å². The van der Waals surface area contributed by atoms with Crippen LogP contribution in [0.1, 0.15) is 38.5 Å². The second-order valence-corrected chi connectivity index (χ2v) is 10.7. The van der Waals surface area contributed by atoms with E-state index < -0.39 is 17.9 Å². The smallest absolute Gasteiger partial charge is 0.235 e. The molecular formula is C23H36N4O5. The zero-order valence-corrected chi connectivity index (χ0v) is 19.1. The first kappa shape index (κ1) is 21.4. The molecule has 2 amide bonds. The molecule has 4 saturated heterocycles. The summed E-state index contributed by atoms with van der Waals surface area (Å²) in [4.78, 5) is 30.7. The molecule has 2 N–H and O–H groups in total. The Morgan fingerprint density at radius 2 is 1.50 bits per heavy atom. The Morgan fingerprint density at radius 1 is 0.875 bits per heavy atom. The van der Waals surface area contributed by atoms with Gasteiger partial charge in [0.1, 0.15) is 6.10 Å². The number of fused-ring (bicyclic) bond motifs is 8. The number of carbonyl (C=O) groups is 2. The number of rotatable bonds is 3. The van der Waals surface area contributed by atoms with Gasteiger partial charge < -0.3 is 19.1 Å². The number of ether oxygens (including phenoxy) is 3. The van der Waals surface area contributed by atoms with Crippen LogP contribution >= 0.6 is 0 Å². The Labute approximate surface area is 189 Å². The number of morpholine rings is 1. The highest BCUT2D eigenvalue weighted by atomic mass is 16.6. The zero-order chi connectivity index (χ0) is 22.0. The predicted octanol–water partition coefficient (Wildman–Crippen LogP) is -0.307. The molecule has 2 aliphatic carbocycles. The van der Waals surface area contributed by atoms with E-state index in [1.165, 1.54) is 4.90 Å². The van der Waals surface area contributed by atoms with Crippen LogP contribution in [0.3, 0.4) is 0 Å². The quantitative estimate of drug-likeness (QED) is 0.569. The third-order valence-corrected chi connectivity index (χ3v) is 8.41. The van der Waals surface area contributed by atoms with Crippen LogP contribution in [0, 0.1) is 11.8 Å². The van der Waals surface area contributed by atoms with Gasteiger partial charge in [-0.25, -0.2) is 0 Å². The highest BCUT2D eigenvalue weighted by molar-refractivity contribution is 6.06. The van der Waals surface area contributed by atoms with Crippen molar-refractivity contribution in [3.8, 4) is 0 Å². The van der Waals surface area contributed by atoms with Gasteiger partial charge in [0.2, 0.25) is 11.8 Å². The van der Waals surface area contributed by atoms with E-state index in [1.807, 2.05) is 19.0 Å². The molecule has 0 aromatic heterocycles. The lowest BCUT2D eigenvalue weighted by atomic mass is 9.70. The van der Waals surface area contributed by atoms with Gasteiger partial charge in [0.05, 0.1) is 54.6 Å². The van der Waals surface area contributed by atoms with E-state index >= 15 is 0 Å². The van der Waals surface area contributed by atoms with Crippen LogP contribution in [0.4, 0.5) is 0 Å². The highest BCUT2D eigenvalue weighted by Gasteiger charge is 2.66. The third kappa shape index (κ3) is 3.35.